The second-order valence-corrected chi connectivity index (χ2v) is 11.4. The Balaban J connectivity index is 0.000000245. The zero-order valence-electron chi connectivity index (χ0n) is 21.9. The number of hydrogen-bond donors (Lipinski definition) is 1. The first kappa shape index (κ1) is 27.7. The third-order valence-electron chi connectivity index (χ3n) is 7.79. The average molecular weight is 466 g/mol. The molecule has 0 aromatic heterocycles. The molecule has 3 aliphatic rings. The molecule has 1 heterocycles. The third-order valence-corrected chi connectivity index (χ3v) is 7.79. The summed E-state index contributed by atoms with van der Waals surface area (Å²) < 4.78 is 11.1. The molecule has 0 radical (unpaired) electrons. The van der Waals surface area contributed by atoms with Gasteiger partial charge in [0, 0.05) is 13.3 Å². The van der Waals surface area contributed by atoms with Crippen molar-refractivity contribution in [1.82, 2.24) is 5.32 Å². The molecule has 1 aliphatic heterocycles. The number of carbonyl (C=O) groups excluding carboxylic acids is 3. The van der Waals surface area contributed by atoms with Gasteiger partial charge in [0.25, 0.3) is 0 Å². The van der Waals surface area contributed by atoms with E-state index in [1.807, 2.05) is 0 Å². The molecule has 2 aliphatic carbocycles. The summed E-state index contributed by atoms with van der Waals surface area (Å²) in [5, 5.41) is 2.69. The molecule has 3 rings (SSSR count). The number of ether oxygens (including phenoxy) is 2. The molecule has 1 saturated heterocycles. The van der Waals surface area contributed by atoms with Crippen LogP contribution in [0.4, 0.5) is 0 Å². The number of nitrogens with one attached hydrogen (secondary N) is 1. The van der Waals surface area contributed by atoms with Crippen LogP contribution in [0.15, 0.2) is 0 Å². The van der Waals surface area contributed by atoms with Crippen molar-refractivity contribution in [1.29, 1.82) is 0 Å². The first-order chi connectivity index (χ1) is 15.5. The van der Waals surface area contributed by atoms with Crippen molar-refractivity contribution in [2.45, 2.75) is 118 Å². The van der Waals surface area contributed by atoms with E-state index in [1.54, 1.807) is 0 Å². The van der Waals surface area contributed by atoms with Crippen LogP contribution in [0.25, 0.3) is 0 Å². The molecule has 3 fully saturated rings. The van der Waals surface area contributed by atoms with E-state index in [0.29, 0.717) is 48.3 Å². The fourth-order valence-corrected chi connectivity index (χ4v) is 5.74. The van der Waals surface area contributed by atoms with Crippen LogP contribution in [0.5, 0.6) is 0 Å². The van der Waals surface area contributed by atoms with Gasteiger partial charge in [0.1, 0.15) is 18.2 Å². The van der Waals surface area contributed by atoms with Crippen molar-refractivity contribution < 1.29 is 23.9 Å². The van der Waals surface area contributed by atoms with Crippen molar-refractivity contribution >= 4 is 17.8 Å². The summed E-state index contributed by atoms with van der Waals surface area (Å²) >= 11 is 0. The predicted octanol–water partition coefficient (Wildman–Crippen LogP) is 5.28. The normalized spacial score (nSPS) is 34.3. The van der Waals surface area contributed by atoms with Gasteiger partial charge in [0.15, 0.2) is 0 Å². The van der Waals surface area contributed by atoms with Gasteiger partial charge in [-0.05, 0) is 67.6 Å². The number of carbonyl (C=O) groups is 3. The van der Waals surface area contributed by atoms with E-state index in [2.05, 4.69) is 46.9 Å². The standard InChI is InChI=1S/C15H25NO3.C12H22O2/c1-9(2)11-5-4-10(3)8-13(11)19-15(18)12-6-7-14(17)16-12;1-8(2)11-6-5-9(3)7-12(11)14-10(4)13/h9-13H,4-8H2,1-3H3,(H,16,17);8-9,11-12H,5-7H2,1-4H3/t10?,11?,12-,13?;/m0./s1. The molecule has 6 unspecified atom stereocenters. The lowest BCUT2D eigenvalue weighted by Gasteiger charge is -2.37. The van der Waals surface area contributed by atoms with Gasteiger partial charge in [-0.1, -0.05) is 54.4 Å². The highest BCUT2D eigenvalue weighted by atomic mass is 16.5. The van der Waals surface area contributed by atoms with Crippen LogP contribution in [-0.2, 0) is 23.9 Å². The van der Waals surface area contributed by atoms with E-state index in [9.17, 15) is 14.4 Å². The van der Waals surface area contributed by atoms with E-state index in [4.69, 9.17) is 9.47 Å². The second-order valence-electron chi connectivity index (χ2n) is 11.4. The molecule has 1 N–H and O–H groups in total. The lowest BCUT2D eigenvalue weighted by Crippen LogP contribution is -2.41. The first-order valence-electron chi connectivity index (χ1n) is 13.1. The average Bonchev–Trinajstić information content (AvgIpc) is 3.14. The van der Waals surface area contributed by atoms with Crippen LogP contribution in [-0.4, -0.2) is 36.1 Å². The molecule has 0 spiro atoms. The molecule has 2 saturated carbocycles. The molecule has 33 heavy (non-hydrogen) atoms. The zero-order chi connectivity index (χ0) is 24.7. The van der Waals surface area contributed by atoms with E-state index >= 15 is 0 Å². The van der Waals surface area contributed by atoms with Crippen LogP contribution in [0.1, 0.15) is 99.8 Å². The Hall–Kier alpha value is -1.59. The van der Waals surface area contributed by atoms with Gasteiger partial charge in [-0.15, -0.1) is 0 Å². The number of hydrogen-bond acceptors (Lipinski definition) is 5. The summed E-state index contributed by atoms with van der Waals surface area (Å²) in [7, 11) is 0. The van der Waals surface area contributed by atoms with E-state index < -0.39 is 6.04 Å². The number of amides is 1. The van der Waals surface area contributed by atoms with Gasteiger partial charge in [-0.25, -0.2) is 4.79 Å². The fourth-order valence-electron chi connectivity index (χ4n) is 5.74. The second kappa shape index (κ2) is 12.8. The Labute approximate surface area is 200 Å². The van der Waals surface area contributed by atoms with Crippen molar-refractivity contribution in [2.24, 2.45) is 35.5 Å². The molecule has 1 amide bonds. The van der Waals surface area contributed by atoms with E-state index in [-0.39, 0.29) is 30.1 Å². The Morgan fingerprint density at radius 2 is 1.30 bits per heavy atom. The lowest BCUT2D eigenvalue weighted by atomic mass is 9.75. The van der Waals surface area contributed by atoms with Gasteiger partial charge >= 0.3 is 11.9 Å². The SMILES string of the molecule is CC(=O)OC1CC(C)CCC1C(C)C.CC1CCC(C(C)C)C(OC(=O)[C@@H]2CCC(=O)N2)C1. The van der Waals surface area contributed by atoms with Crippen LogP contribution >= 0.6 is 0 Å². The molecule has 190 valence electrons. The minimum atomic E-state index is -0.419. The smallest absolute Gasteiger partial charge is 0.328 e. The van der Waals surface area contributed by atoms with Crippen LogP contribution in [0, 0.1) is 35.5 Å². The number of esters is 2. The highest BCUT2D eigenvalue weighted by molar-refractivity contribution is 5.88. The van der Waals surface area contributed by atoms with Crippen molar-refractivity contribution in [3.63, 3.8) is 0 Å². The van der Waals surface area contributed by atoms with Crippen molar-refractivity contribution in [3.8, 4) is 0 Å². The van der Waals surface area contributed by atoms with Gasteiger partial charge in [0.2, 0.25) is 5.91 Å². The summed E-state index contributed by atoms with van der Waals surface area (Å²) in [6, 6.07) is -0.419. The van der Waals surface area contributed by atoms with Crippen LogP contribution < -0.4 is 5.32 Å². The Bertz CT molecular complexity index is 661. The molecular formula is C27H47NO5. The maximum absolute atomic E-state index is 12.1. The quantitative estimate of drug-likeness (QED) is 0.559. The molecule has 0 aromatic rings. The predicted molar refractivity (Wildman–Crippen MR) is 129 cm³/mol. The van der Waals surface area contributed by atoms with Crippen LogP contribution in [0.3, 0.4) is 0 Å². The van der Waals surface area contributed by atoms with Gasteiger partial charge < -0.3 is 14.8 Å². The summed E-state index contributed by atoms with van der Waals surface area (Å²) in [6.07, 6.45) is 8.03. The molecule has 7 atom stereocenters. The van der Waals surface area contributed by atoms with Crippen LogP contribution in [0.2, 0.25) is 0 Å². The Morgan fingerprint density at radius 3 is 1.70 bits per heavy atom. The van der Waals surface area contributed by atoms with E-state index in [0.717, 1.165) is 19.3 Å². The maximum atomic E-state index is 12.1. The molecule has 6 heteroatoms. The fraction of sp³-hybridized carbons (Fsp3) is 0.889. The van der Waals surface area contributed by atoms with Gasteiger partial charge in [-0.2, -0.15) is 0 Å². The topological polar surface area (TPSA) is 81.7 Å². The summed E-state index contributed by atoms with van der Waals surface area (Å²) in [4.78, 5) is 34.2. The molecule has 0 bridgehead atoms. The Morgan fingerprint density at radius 1 is 0.818 bits per heavy atom. The van der Waals surface area contributed by atoms with Gasteiger partial charge in [-0.3, -0.25) is 9.59 Å². The van der Waals surface area contributed by atoms with E-state index in [1.165, 1.54) is 26.2 Å². The third kappa shape index (κ3) is 8.60. The largest absolute Gasteiger partial charge is 0.462 e. The zero-order valence-corrected chi connectivity index (χ0v) is 21.9. The summed E-state index contributed by atoms with van der Waals surface area (Å²) in [5.41, 5.74) is 0. The first-order valence-corrected chi connectivity index (χ1v) is 13.1. The highest BCUT2D eigenvalue weighted by Crippen LogP contribution is 2.36. The van der Waals surface area contributed by atoms with Gasteiger partial charge in [0.05, 0.1) is 0 Å². The molecule has 0 aromatic carbocycles. The highest BCUT2D eigenvalue weighted by Gasteiger charge is 2.36. The number of rotatable bonds is 5. The Kier molecular flexibility index (Phi) is 10.7. The summed E-state index contributed by atoms with van der Waals surface area (Å²) in [6.45, 7) is 14.8. The minimum Gasteiger partial charge on any atom is -0.462 e. The minimum absolute atomic E-state index is 0.0220. The monoisotopic (exact) mass is 465 g/mol. The molecule has 6 nitrogen and oxygen atoms in total. The molecular weight excluding hydrogens is 418 g/mol. The maximum Gasteiger partial charge on any atom is 0.328 e. The van der Waals surface area contributed by atoms with Crippen molar-refractivity contribution in [2.75, 3.05) is 0 Å². The van der Waals surface area contributed by atoms with Crippen molar-refractivity contribution in [3.05, 3.63) is 0 Å². The lowest BCUT2D eigenvalue weighted by molar-refractivity contribution is -0.158. The summed E-state index contributed by atoms with van der Waals surface area (Å²) in [5.74, 6) is 3.08.